The summed E-state index contributed by atoms with van der Waals surface area (Å²) in [5.41, 5.74) is 11.6. The van der Waals surface area contributed by atoms with Gasteiger partial charge in [-0.1, -0.05) is 30.0 Å². The molecule has 0 fully saturated rings. The zero-order chi connectivity index (χ0) is 16.1. The van der Waals surface area contributed by atoms with E-state index in [1.165, 1.54) is 17.0 Å². The SMILES string of the molecule is CN(Cc1ccccc1F)C(=O)CSc1nc(N)cc(N)n1. The molecule has 0 saturated heterocycles. The molecule has 1 amide bonds. The molecule has 0 aliphatic heterocycles. The molecule has 0 bridgehead atoms. The lowest BCUT2D eigenvalue weighted by atomic mass is 10.2. The Labute approximate surface area is 131 Å². The monoisotopic (exact) mass is 321 g/mol. The lowest BCUT2D eigenvalue weighted by Crippen LogP contribution is -2.28. The average Bonchev–Trinajstić information content (AvgIpc) is 2.46. The lowest BCUT2D eigenvalue weighted by Gasteiger charge is -2.17. The van der Waals surface area contributed by atoms with Crippen molar-refractivity contribution in [1.82, 2.24) is 14.9 Å². The first-order valence-corrected chi connectivity index (χ1v) is 7.44. The molecular weight excluding hydrogens is 305 g/mol. The van der Waals surface area contributed by atoms with E-state index in [1.54, 1.807) is 25.2 Å². The average molecular weight is 321 g/mol. The Morgan fingerprint density at radius 2 is 1.91 bits per heavy atom. The number of hydrogen-bond donors (Lipinski definition) is 2. The largest absolute Gasteiger partial charge is 0.383 e. The number of carbonyl (C=O) groups is 1. The maximum absolute atomic E-state index is 13.6. The van der Waals surface area contributed by atoms with Crippen LogP contribution in [0.1, 0.15) is 5.56 Å². The van der Waals surface area contributed by atoms with Crippen molar-refractivity contribution in [2.75, 3.05) is 24.3 Å². The molecule has 0 aliphatic carbocycles. The van der Waals surface area contributed by atoms with Gasteiger partial charge in [0.25, 0.3) is 0 Å². The Morgan fingerprint density at radius 3 is 2.55 bits per heavy atom. The van der Waals surface area contributed by atoms with Crippen molar-refractivity contribution in [2.24, 2.45) is 0 Å². The Kier molecular flexibility index (Phi) is 5.16. The van der Waals surface area contributed by atoms with Gasteiger partial charge in [-0.15, -0.1) is 0 Å². The maximum atomic E-state index is 13.6. The minimum absolute atomic E-state index is 0.119. The summed E-state index contributed by atoms with van der Waals surface area (Å²) < 4.78 is 13.6. The second-order valence-corrected chi connectivity index (χ2v) is 5.57. The van der Waals surface area contributed by atoms with Crippen molar-refractivity contribution in [1.29, 1.82) is 0 Å². The zero-order valence-electron chi connectivity index (χ0n) is 12.0. The van der Waals surface area contributed by atoms with Gasteiger partial charge in [0.1, 0.15) is 17.5 Å². The minimum atomic E-state index is -0.332. The molecule has 0 aliphatic rings. The second-order valence-electron chi connectivity index (χ2n) is 4.63. The third-order valence-electron chi connectivity index (χ3n) is 2.86. The molecule has 0 atom stereocenters. The molecule has 0 radical (unpaired) electrons. The fraction of sp³-hybridized carbons (Fsp3) is 0.214. The van der Waals surface area contributed by atoms with Crippen LogP contribution in [0.15, 0.2) is 35.5 Å². The molecule has 6 nitrogen and oxygen atoms in total. The van der Waals surface area contributed by atoms with Crippen LogP contribution in [0.3, 0.4) is 0 Å². The van der Waals surface area contributed by atoms with E-state index in [0.29, 0.717) is 10.7 Å². The van der Waals surface area contributed by atoms with Gasteiger partial charge in [-0.2, -0.15) is 0 Å². The Balaban J connectivity index is 1.93. The number of nitrogens with zero attached hydrogens (tertiary/aromatic N) is 3. The predicted molar refractivity (Wildman–Crippen MR) is 84.5 cm³/mol. The molecule has 0 spiro atoms. The molecule has 1 heterocycles. The first-order valence-electron chi connectivity index (χ1n) is 6.46. The van der Waals surface area contributed by atoms with Crippen LogP contribution in [0, 0.1) is 5.82 Å². The van der Waals surface area contributed by atoms with Gasteiger partial charge in [0.2, 0.25) is 5.91 Å². The van der Waals surface area contributed by atoms with E-state index >= 15 is 0 Å². The van der Waals surface area contributed by atoms with Gasteiger partial charge < -0.3 is 16.4 Å². The van der Waals surface area contributed by atoms with Crippen molar-refractivity contribution >= 4 is 29.3 Å². The van der Waals surface area contributed by atoms with Crippen LogP contribution in [0.2, 0.25) is 0 Å². The number of amides is 1. The van der Waals surface area contributed by atoms with Crippen LogP contribution >= 0.6 is 11.8 Å². The zero-order valence-corrected chi connectivity index (χ0v) is 12.8. The number of rotatable bonds is 5. The number of aromatic nitrogens is 2. The van der Waals surface area contributed by atoms with Crippen LogP contribution < -0.4 is 11.5 Å². The molecule has 116 valence electrons. The van der Waals surface area contributed by atoms with E-state index in [1.807, 2.05) is 0 Å². The van der Waals surface area contributed by atoms with Crippen molar-refractivity contribution in [3.63, 3.8) is 0 Å². The lowest BCUT2D eigenvalue weighted by molar-refractivity contribution is -0.127. The molecule has 22 heavy (non-hydrogen) atoms. The van der Waals surface area contributed by atoms with Gasteiger partial charge >= 0.3 is 0 Å². The summed E-state index contributed by atoms with van der Waals surface area (Å²) in [7, 11) is 1.61. The van der Waals surface area contributed by atoms with Crippen LogP contribution in [0.25, 0.3) is 0 Å². The van der Waals surface area contributed by atoms with E-state index in [2.05, 4.69) is 9.97 Å². The summed E-state index contributed by atoms with van der Waals surface area (Å²) in [5, 5.41) is 0.338. The van der Waals surface area contributed by atoms with Gasteiger partial charge in [0.15, 0.2) is 5.16 Å². The van der Waals surface area contributed by atoms with Gasteiger partial charge in [-0.05, 0) is 6.07 Å². The topological polar surface area (TPSA) is 98.1 Å². The number of nitrogen functional groups attached to an aromatic ring is 2. The normalized spacial score (nSPS) is 10.5. The van der Waals surface area contributed by atoms with Gasteiger partial charge in [-0.3, -0.25) is 4.79 Å². The number of carbonyl (C=O) groups excluding carboxylic acids is 1. The number of hydrogen-bond acceptors (Lipinski definition) is 6. The highest BCUT2D eigenvalue weighted by Gasteiger charge is 2.13. The molecule has 0 saturated carbocycles. The van der Waals surface area contributed by atoms with E-state index in [4.69, 9.17) is 11.5 Å². The van der Waals surface area contributed by atoms with Crippen molar-refractivity contribution in [3.8, 4) is 0 Å². The van der Waals surface area contributed by atoms with Crippen molar-refractivity contribution < 1.29 is 9.18 Å². The summed E-state index contributed by atoms with van der Waals surface area (Å²) >= 11 is 1.13. The van der Waals surface area contributed by atoms with Gasteiger partial charge in [0, 0.05) is 25.2 Å². The summed E-state index contributed by atoms with van der Waals surface area (Å²) in [6, 6.07) is 7.79. The standard InChI is InChI=1S/C14H16FN5OS/c1-20(7-9-4-2-3-5-10(9)15)13(21)8-22-14-18-11(16)6-12(17)19-14/h2-6H,7-8H2,1H3,(H4,16,17,18,19). The first kappa shape index (κ1) is 16.0. The number of benzene rings is 1. The van der Waals surface area contributed by atoms with Crippen molar-refractivity contribution in [2.45, 2.75) is 11.7 Å². The van der Waals surface area contributed by atoms with Gasteiger partial charge in [0.05, 0.1) is 5.75 Å². The molecule has 2 aromatic rings. The van der Waals surface area contributed by atoms with E-state index in [0.717, 1.165) is 11.8 Å². The highest BCUT2D eigenvalue weighted by Crippen LogP contribution is 2.17. The molecule has 8 heteroatoms. The van der Waals surface area contributed by atoms with Crippen LogP contribution in [0.5, 0.6) is 0 Å². The summed E-state index contributed by atoms with van der Waals surface area (Å²) in [6.07, 6.45) is 0. The van der Waals surface area contributed by atoms with Crippen LogP contribution in [0.4, 0.5) is 16.0 Å². The minimum Gasteiger partial charge on any atom is -0.383 e. The third-order valence-corrected chi connectivity index (χ3v) is 3.69. The molecular formula is C14H16FN5OS. The predicted octanol–water partition coefficient (Wildman–Crippen LogP) is 1.53. The summed E-state index contributed by atoms with van der Waals surface area (Å²) in [4.78, 5) is 21.5. The number of anilines is 2. The summed E-state index contributed by atoms with van der Waals surface area (Å²) in [5.74, 6) is 0.123. The van der Waals surface area contributed by atoms with E-state index in [9.17, 15) is 9.18 Å². The second kappa shape index (κ2) is 7.08. The first-order chi connectivity index (χ1) is 10.5. The molecule has 2 rings (SSSR count). The smallest absolute Gasteiger partial charge is 0.233 e. The number of halogens is 1. The van der Waals surface area contributed by atoms with Crippen molar-refractivity contribution in [3.05, 3.63) is 41.7 Å². The number of thioether (sulfide) groups is 1. The highest BCUT2D eigenvalue weighted by molar-refractivity contribution is 7.99. The maximum Gasteiger partial charge on any atom is 0.233 e. The molecule has 0 unspecified atom stereocenters. The summed E-state index contributed by atoms with van der Waals surface area (Å²) in [6.45, 7) is 0.200. The highest BCUT2D eigenvalue weighted by atomic mass is 32.2. The Hall–Kier alpha value is -2.35. The fourth-order valence-corrected chi connectivity index (χ4v) is 2.55. The molecule has 4 N–H and O–H groups in total. The van der Waals surface area contributed by atoms with Crippen LogP contribution in [-0.2, 0) is 11.3 Å². The molecule has 1 aromatic heterocycles. The third kappa shape index (κ3) is 4.32. The van der Waals surface area contributed by atoms with Crippen LogP contribution in [-0.4, -0.2) is 33.6 Å². The Bertz CT molecular complexity index is 662. The van der Waals surface area contributed by atoms with E-state index in [-0.39, 0.29) is 35.7 Å². The number of nitrogens with two attached hydrogens (primary N) is 2. The quantitative estimate of drug-likeness (QED) is 0.640. The van der Waals surface area contributed by atoms with Gasteiger partial charge in [-0.25, -0.2) is 14.4 Å². The fourth-order valence-electron chi connectivity index (χ4n) is 1.73. The van der Waals surface area contributed by atoms with E-state index < -0.39 is 0 Å². The Morgan fingerprint density at radius 1 is 1.27 bits per heavy atom. The molecule has 1 aromatic carbocycles.